The highest BCUT2D eigenvalue weighted by Gasteiger charge is 2.13. The Hall–Kier alpha value is -2.93. The Balaban J connectivity index is 1.95. The van der Waals surface area contributed by atoms with Crippen LogP contribution in [-0.4, -0.2) is 30.6 Å². The molecule has 7 heteroatoms. The molecule has 0 aromatic heterocycles. The maximum atomic E-state index is 12.6. The molecule has 2 amide bonds. The van der Waals surface area contributed by atoms with Crippen LogP contribution in [0, 0.1) is 0 Å². The van der Waals surface area contributed by atoms with Crippen molar-refractivity contribution in [2.75, 3.05) is 19.0 Å². The van der Waals surface area contributed by atoms with Gasteiger partial charge in [0.1, 0.15) is 5.75 Å². The van der Waals surface area contributed by atoms with Gasteiger partial charge in [0.2, 0.25) is 0 Å². The van der Waals surface area contributed by atoms with Gasteiger partial charge in [-0.2, -0.15) is 0 Å². The average molecular weight is 400 g/mol. The topological polar surface area (TPSA) is 79.5 Å². The van der Waals surface area contributed by atoms with Crippen LogP contribution in [0.25, 0.3) is 0 Å². The van der Waals surface area contributed by atoms with E-state index >= 15 is 0 Å². The van der Waals surface area contributed by atoms with E-state index in [0.29, 0.717) is 29.2 Å². The predicted molar refractivity (Wildman–Crippen MR) is 115 cm³/mol. The van der Waals surface area contributed by atoms with Gasteiger partial charge in [-0.25, -0.2) is 0 Å². The smallest absolute Gasteiger partial charge is 0.261 e. The van der Waals surface area contributed by atoms with Crippen molar-refractivity contribution in [3.63, 3.8) is 0 Å². The van der Waals surface area contributed by atoms with Gasteiger partial charge >= 0.3 is 0 Å². The summed E-state index contributed by atoms with van der Waals surface area (Å²) in [5.41, 5.74) is 1.64. The highest BCUT2D eigenvalue weighted by molar-refractivity contribution is 7.80. The van der Waals surface area contributed by atoms with Crippen LogP contribution in [0.1, 0.15) is 46.9 Å². The van der Waals surface area contributed by atoms with Crippen LogP contribution < -0.4 is 20.7 Å². The zero-order valence-electron chi connectivity index (χ0n) is 16.1. The Morgan fingerprint density at radius 1 is 1.00 bits per heavy atom. The monoisotopic (exact) mass is 399 g/mol. The fourth-order valence-electron chi connectivity index (χ4n) is 2.50. The number of thiocarbonyl (C=S) groups is 1. The summed E-state index contributed by atoms with van der Waals surface area (Å²) < 4.78 is 5.74. The molecular formula is C21H25N3O3S. The lowest BCUT2D eigenvalue weighted by molar-refractivity contribution is 0.0958. The van der Waals surface area contributed by atoms with Gasteiger partial charge in [0.25, 0.3) is 11.8 Å². The summed E-state index contributed by atoms with van der Waals surface area (Å²) in [6, 6.07) is 13.9. The molecule has 0 heterocycles. The van der Waals surface area contributed by atoms with Gasteiger partial charge in [-0.15, -0.1) is 0 Å². The van der Waals surface area contributed by atoms with Crippen molar-refractivity contribution >= 4 is 34.8 Å². The van der Waals surface area contributed by atoms with Crippen LogP contribution in [0.5, 0.6) is 5.75 Å². The minimum Gasteiger partial charge on any atom is -0.493 e. The first kappa shape index (κ1) is 21.4. The van der Waals surface area contributed by atoms with E-state index < -0.39 is 0 Å². The number of nitrogens with one attached hydrogen (secondary N) is 3. The third-order valence-corrected chi connectivity index (χ3v) is 4.20. The first-order valence-corrected chi connectivity index (χ1v) is 9.62. The van der Waals surface area contributed by atoms with Crippen molar-refractivity contribution < 1.29 is 14.3 Å². The number of anilines is 1. The second-order valence-electron chi connectivity index (χ2n) is 6.12. The number of ether oxygens (including phenoxy) is 1. The number of carbonyl (C=O) groups excluding carboxylic acids is 2. The summed E-state index contributed by atoms with van der Waals surface area (Å²) in [6.07, 6.45) is 3.13. The summed E-state index contributed by atoms with van der Waals surface area (Å²) in [4.78, 5) is 24.1. The van der Waals surface area contributed by atoms with E-state index in [2.05, 4.69) is 22.9 Å². The van der Waals surface area contributed by atoms with E-state index in [1.54, 1.807) is 49.5 Å². The Morgan fingerprint density at radius 3 is 2.39 bits per heavy atom. The lowest BCUT2D eigenvalue weighted by Crippen LogP contribution is -2.34. The normalized spacial score (nSPS) is 10.1. The number of carbonyl (C=O) groups is 2. The van der Waals surface area contributed by atoms with E-state index in [1.165, 1.54) is 0 Å². The van der Waals surface area contributed by atoms with E-state index in [1.807, 2.05) is 6.07 Å². The van der Waals surface area contributed by atoms with Crippen LogP contribution in [0.2, 0.25) is 0 Å². The largest absolute Gasteiger partial charge is 0.493 e. The number of para-hydroxylation sites is 1. The van der Waals surface area contributed by atoms with E-state index in [-0.39, 0.29) is 16.9 Å². The summed E-state index contributed by atoms with van der Waals surface area (Å²) in [5, 5.41) is 8.31. The summed E-state index contributed by atoms with van der Waals surface area (Å²) in [5.74, 6) is 0.0254. The molecule has 0 saturated carbocycles. The van der Waals surface area contributed by atoms with Crippen LogP contribution in [0.15, 0.2) is 48.5 Å². The molecule has 3 N–H and O–H groups in total. The second-order valence-corrected chi connectivity index (χ2v) is 6.52. The molecule has 0 bridgehead atoms. The van der Waals surface area contributed by atoms with Crippen molar-refractivity contribution in [3.05, 3.63) is 59.7 Å². The maximum absolute atomic E-state index is 12.6. The molecule has 148 valence electrons. The zero-order chi connectivity index (χ0) is 20.4. The van der Waals surface area contributed by atoms with Crippen molar-refractivity contribution in [1.82, 2.24) is 10.6 Å². The number of benzene rings is 2. The van der Waals surface area contributed by atoms with Gasteiger partial charge < -0.3 is 15.4 Å². The van der Waals surface area contributed by atoms with Gasteiger partial charge in [-0.05, 0) is 55.0 Å². The summed E-state index contributed by atoms with van der Waals surface area (Å²) in [6.45, 7) is 2.69. The molecule has 0 aliphatic heterocycles. The molecular weight excluding hydrogens is 374 g/mol. The molecule has 28 heavy (non-hydrogen) atoms. The molecule has 2 aromatic rings. The van der Waals surface area contributed by atoms with Gasteiger partial charge in [0, 0.05) is 18.3 Å². The molecule has 0 saturated heterocycles. The highest BCUT2D eigenvalue weighted by atomic mass is 32.1. The standard InChI is InChI=1S/C21H25N3O3S/c1-3-4-7-14-27-18-9-6-5-8-17(18)20(26)24-21(28)23-16-12-10-15(11-13-16)19(25)22-2/h5-6,8-13H,3-4,7,14H2,1-2H3,(H,22,25)(H2,23,24,26,28). The van der Waals surface area contributed by atoms with Crippen LogP contribution >= 0.6 is 12.2 Å². The van der Waals surface area contributed by atoms with Crippen LogP contribution in [0.4, 0.5) is 5.69 Å². The van der Waals surface area contributed by atoms with Crippen molar-refractivity contribution in [2.45, 2.75) is 26.2 Å². The van der Waals surface area contributed by atoms with Gasteiger partial charge in [0.15, 0.2) is 5.11 Å². The molecule has 0 atom stereocenters. The maximum Gasteiger partial charge on any atom is 0.261 e. The third kappa shape index (κ3) is 6.35. The number of hydrogen-bond donors (Lipinski definition) is 3. The Kier molecular flexibility index (Phi) is 8.42. The molecule has 0 spiro atoms. The van der Waals surface area contributed by atoms with Crippen molar-refractivity contribution in [2.24, 2.45) is 0 Å². The third-order valence-electron chi connectivity index (χ3n) is 4.00. The molecule has 6 nitrogen and oxygen atoms in total. The molecule has 0 fully saturated rings. The average Bonchev–Trinajstić information content (AvgIpc) is 2.71. The summed E-state index contributed by atoms with van der Waals surface area (Å²) in [7, 11) is 1.57. The Labute approximate surface area is 170 Å². The first-order valence-electron chi connectivity index (χ1n) is 9.21. The lowest BCUT2D eigenvalue weighted by Gasteiger charge is -2.13. The zero-order valence-corrected chi connectivity index (χ0v) is 16.9. The lowest BCUT2D eigenvalue weighted by atomic mass is 10.2. The minimum absolute atomic E-state index is 0.165. The van der Waals surface area contributed by atoms with E-state index in [4.69, 9.17) is 17.0 Å². The van der Waals surface area contributed by atoms with Crippen molar-refractivity contribution in [1.29, 1.82) is 0 Å². The highest BCUT2D eigenvalue weighted by Crippen LogP contribution is 2.18. The van der Waals surface area contributed by atoms with Gasteiger partial charge in [-0.3, -0.25) is 14.9 Å². The molecule has 0 aliphatic rings. The van der Waals surface area contributed by atoms with Crippen LogP contribution in [0.3, 0.4) is 0 Å². The molecule has 2 rings (SSSR count). The number of hydrogen-bond acceptors (Lipinski definition) is 4. The SMILES string of the molecule is CCCCCOc1ccccc1C(=O)NC(=S)Nc1ccc(C(=O)NC)cc1. The van der Waals surface area contributed by atoms with Gasteiger partial charge in [0.05, 0.1) is 12.2 Å². The van der Waals surface area contributed by atoms with E-state index in [9.17, 15) is 9.59 Å². The number of rotatable bonds is 8. The van der Waals surface area contributed by atoms with Crippen molar-refractivity contribution in [3.8, 4) is 5.75 Å². The summed E-state index contributed by atoms with van der Waals surface area (Å²) >= 11 is 5.22. The molecule has 0 radical (unpaired) electrons. The van der Waals surface area contributed by atoms with Gasteiger partial charge in [-0.1, -0.05) is 31.9 Å². The molecule has 0 unspecified atom stereocenters. The fourth-order valence-corrected chi connectivity index (χ4v) is 2.71. The fraction of sp³-hybridized carbons (Fsp3) is 0.286. The molecule has 0 aliphatic carbocycles. The minimum atomic E-state index is -0.342. The quantitative estimate of drug-likeness (QED) is 0.465. The van der Waals surface area contributed by atoms with Crippen LogP contribution in [-0.2, 0) is 0 Å². The Bertz CT molecular complexity index is 822. The number of unbranched alkanes of at least 4 members (excludes halogenated alkanes) is 2. The first-order chi connectivity index (χ1) is 13.5. The second kappa shape index (κ2) is 11.0. The predicted octanol–water partition coefficient (Wildman–Crippen LogP) is 3.74. The number of amides is 2. The van der Waals surface area contributed by atoms with E-state index in [0.717, 1.165) is 19.3 Å². The Morgan fingerprint density at radius 2 is 1.71 bits per heavy atom. The molecule has 2 aromatic carbocycles.